The summed E-state index contributed by atoms with van der Waals surface area (Å²) >= 11 is 0. The summed E-state index contributed by atoms with van der Waals surface area (Å²) in [6.07, 6.45) is 1.41. The first-order valence-corrected chi connectivity index (χ1v) is 8.25. The van der Waals surface area contributed by atoms with Crippen molar-refractivity contribution in [3.05, 3.63) is 71.7 Å². The van der Waals surface area contributed by atoms with Crippen LogP contribution in [0.5, 0.6) is 0 Å². The Morgan fingerprint density at radius 2 is 1.75 bits per heavy atom. The van der Waals surface area contributed by atoms with E-state index >= 15 is 0 Å². The molecule has 1 aromatic heterocycles. The lowest BCUT2D eigenvalue weighted by atomic mass is 10.2. The van der Waals surface area contributed by atoms with E-state index in [0.717, 1.165) is 12.1 Å². The minimum absolute atomic E-state index is 0.172. The van der Waals surface area contributed by atoms with E-state index in [9.17, 15) is 18.0 Å². The number of benzene rings is 2. The van der Waals surface area contributed by atoms with E-state index < -0.39 is 23.4 Å². The molecule has 0 spiro atoms. The first-order valence-electron chi connectivity index (χ1n) is 8.25. The molecule has 0 fully saturated rings. The predicted molar refractivity (Wildman–Crippen MR) is 97.3 cm³/mol. The summed E-state index contributed by atoms with van der Waals surface area (Å²) in [6, 6.07) is 9.77. The Morgan fingerprint density at radius 1 is 1.00 bits per heavy atom. The highest BCUT2D eigenvalue weighted by molar-refractivity contribution is 5.89. The van der Waals surface area contributed by atoms with E-state index in [1.54, 1.807) is 31.2 Å². The molecule has 0 aliphatic heterocycles. The quantitative estimate of drug-likeness (QED) is 0.476. The summed E-state index contributed by atoms with van der Waals surface area (Å²) in [6.45, 7) is 2.00. The third kappa shape index (κ3) is 4.37. The van der Waals surface area contributed by atoms with Crippen molar-refractivity contribution in [2.45, 2.75) is 6.92 Å². The number of nitrogens with zero attached hydrogens (tertiary/aromatic N) is 2. The molecule has 0 radical (unpaired) electrons. The Kier molecular flexibility index (Phi) is 5.73. The van der Waals surface area contributed by atoms with Crippen molar-refractivity contribution in [3.63, 3.8) is 0 Å². The van der Waals surface area contributed by atoms with Gasteiger partial charge in [-0.1, -0.05) is 0 Å². The average Bonchev–Trinajstić information content (AvgIpc) is 2.69. The molecule has 2 N–H and O–H groups in total. The maximum absolute atomic E-state index is 13.8. The minimum atomic E-state index is -1.57. The Hall–Kier alpha value is -3.62. The van der Waals surface area contributed by atoms with Gasteiger partial charge in [0.15, 0.2) is 17.5 Å². The van der Waals surface area contributed by atoms with Crippen LogP contribution in [-0.4, -0.2) is 22.5 Å². The number of hydrogen-bond acceptors (Lipinski definition) is 6. The monoisotopic (exact) mass is 388 g/mol. The fraction of sp³-hybridized carbons (Fsp3) is 0.105. The van der Waals surface area contributed by atoms with Gasteiger partial charge in [0.05, 0.1) is 17.9 Å². The molecule has 0 aliphatic rings. The normalized spacial score (nSPS) is 10.4. The average molecular weight is 388 g/mol. The van der Waals surface area contributed by atoms with Gasteiger partial charge in [0, 0.05) is 11.9 Å². The zero-order valence-electron chi connectivity index (χ0n) is 14.7. The number of nitrogens with one attached hydrogen (secondary N) is 2. The van der Waals surface area contributed by atoms with Crippen molar-refractivity contribution in [1.82, 2.24) is 9.97 Å². The Labute approximate surface area is 158 Å². The Balaban J connectivity index is 1.73. The molecule has 0 saturated heterocycles. The molecule has 9 heteroatoms. The lowest BCUT2D eigenvalue weighted by Crippen LogP contribution is -2.05. The number of halogens is 3. The molecule has 0 saturated carbocycles. The molecule has 1 heterocycles. The van der Waals surface area contributed by atoms with E-state index in [0.29, 0.717) is 11.3 Å². The molecule has 3 aromatic rings. The van der Waals surface area contributed by atoms with Gasteiger partial charge in [-0.15, -0.1) is 0 Å². The number of rotatable bonds is 6. The van der Waals surface area contributed by atoms with Crippen molar-refractivity contribution < 1.29 is 22.7 Å². The van der Waals surface area contributed by atoms with Crippen LogP contribution < -0.4 is 10.6 Å². The van der Waals surface area contributed by atoms with Crippen LogP contribution in [0.1, 0.15) is 17.3 Å². The number of carbonyl (C=O) groups is 1. The van der Waals surface area contributed by atoms with Crippen molar-refractivity contribution >= 4 is 29.1 Å². The van der Waals surface area contributed by atoms with Gasteiger partial charge in [-0.25, -0.2) is 22.9 Å². The number of carbonyl (C=O) groups excluding carboxylic acids is 1. The number of hydrogen-bond donors (Lipinski definition) is 2. The Morgan fingerprint density at radius 3 is 2.46 bits per heavy atom. The number of aromatic nitrogens is 2. The molecule has 2 aromatic carbocycles. The van der Waals surface area contributed by atoms with Crippen LogP contribution in [0.2, 0.25) is 0 Å². The molecule has 3 rings (SSSR count). The minimum Gasteiger partial charge on any atom is -0.462 e. The van der Waals surface area contributed by atoms with Gasteiger partial charge in [-0.3, -0.25) is 0 Å². The first-order chi connectivity index (χ1) is 13.5. The van der Waals surface area contributed by atoms with Crippen LogP contribution in [0.15, 0.2) is 48.7 Å². The highest BCUT2D eigenvalue weighted by atomic mass is 19.2. The zero-order chi connectivity index (χ0) is 20.1. The van der Waals surface area contributed by atoms with Gasteiger partial charge >= 0.3 is 5.97 Å². The van der Waals surface area contributed by atoms with Crippen molar-refractivity contribution in [1.29, 1.82) is 0 Å². The summed E-state index contributed by atoms with van der Waals surface area (Å²) in [4.78, 5) is 19.8. The van der Waals surface area contributed by atoms with Crippen LogP contribution in [0, 0.1) is 17.5 Å². The van der Waals surface area contributed by atoms with Gasteiger partial charge in [0.1, 0.15) is 5.82 Å². The fourth-order valence-electron chi connectivity index (χ4n) is 2.28. The van der Waals surface area contributed by atoms with Gasteiger partial charge in [-0.05, 0) is 49.4 Å². The molecule has 28 heavy (non-hydrogen) atoms. The van der Waals surface area contributed by atoms with Crippen molar-refractivity contribution in [2.75, 3.05) is 17.2 Å². The van der Waals surface area contributed by atoms with Crippen LogP contribution in [0.25, 0.3) is 0 Å². The molecule has 0 atom stereocenters. The van der Waals surface area contributed by atoms with E-state index in [1.165, 1.54) is 12.3 Å². The summed E-state index contributed by atoms with van der Waals surface area (Å²) in [5.74, 6) is -4.27. The third-order valence-corrected chi connectivity index (χ3v) is 3.61. The maximum Gasteiger partial charge on any atom is 0.338 e. The highest BCUT2D eigenvalue weighted by Gasteiger charge is 2.14. The van der Waals surface area contributed by atoms with Crippen molar-refractivity contribution in [2.24, 2.45) is 0 Å². The second-order valence-corrected chi connectivity index (χ2v) is 5.54. The molecule has 144 valence electrons. The molecule has 6 nitrogen and oxygen atoms in total. The summed E-state index contributed by atoms with van der Waals surface area (Å²) in [5, 5.41) is 5.49. The Bertz CT molecular complexity index is 997. The smallest absolute Gasteiger partial charge is 0.338 e. The highest BCUT2D eigenvalue weighted by Crippen LogP contribution is 2.23. The van der Waals surface area contributed by atoms with Crippen LogP contribution in [-0.2, 0) is 4.74 Å². The zero-order valence-corrected chi connectivity index (χ0v) is 14.7. The van der Waals surface area contributed by atoms with Crippen LogP contribution in [0.3, 0.4) is 0 Å². The SMILES string of the molecule is CCOC(=O)c1ccc(Nc2nccc(Nc3ccc(F)c(F)c3F)n2)cc1. The van der Waals surface area contributed by atoms with E-state index in [2.05, 4.69) is 20.6 Å². The number of anilines is 4. The van der Waals surface area contributed by atoms with Gasteiger partial charge in [0.2, 0.25) is 5.95 Å². The van der Waals surface area contributed by atoms with Crippen molar-refractivity contribution in [3.8, 4) is 0 Å². The topological polar surface area (TPSA) is 76.1 Å². The van der Waals surface area contributed by atoms with Gasteiger partial charge < -0.3 is 15.4 Å². The molecule has 0 unspecified atom stereocenters. The third-order valence-electron chi connectivity index (χ3n) is 3.61. The molecular formula is C19H15F3N4O2. The van der Waals surface area contributed by atoms with Crippen LogP contribution in [0.4, 0.5) is 36.3 Å². The van der Waals surface area contributed by atoms with E-state index in [-0.39, 0.29) is 24.1 Å². The lowest BCUT2D eigenvalue weighted by Gasteiger charge is -2.10. The van der Waals surface area contributed by atoms with Crippen LogP contribution >= 0.6 is 0 Å². The second-order valence-electron chi connectivity index (χ2n) is 5.54. The largest absolute Gasteiger partial charge is 0.462 e. The summed E-state index contributed by atoms with van der Waals surface area (Å²) in [7, 11) is 0. The molecule has 0 amide bonds. The molecule has 0 aliphatic carbocycles. The summed E-state index contributed by atoms with van der Waals surface area (Å²) < 4.78 is 45.0. The van der Waals surface area contributed by atoms with Gasteiger partial charge in [0.25, 0.3) is 0 Å². The maximum atomic E-state index is 13.8. The fourth-order valence-corrected chi connectivity index (χ4v) is 2.28. The standard InChI is InChI=1S/C19H15F3N4O2/c1-2-28-18(27)11-3-5-12(6-4-11)24-19-23-10-9-15(26-19)25-14-8-7-13(20)16(21)17(14)22/h3-10H,2H2,1H3,(H2,23,24,25,26). The first kappa shape index (κ1) is 19.2. The second kappa shape index (κ2) is 8.38. The molecule has 0 bridgehead atoms. The van der Waals surface area contributed by atoms with E-state index in [1.807, 2.05) is 0 Å². The molecular weight excluding hydrogens is 373 g/mol. The predicted octanol–water partition coefficient (Wildman–Crippen LogP) is 4.56. The lowest BCUT2D eigenvalue weighted by molar-refractivity contribution is 0.0526. The number of esters is 1. The number of ether oxygens (including phenoxy) is 1. The summed E-state index contributed by atoms with van der Waals surface area (Å²) in [5.41, 5.74) is 0.740. The van der Waals surface area contributed by atoms with Gasteiger partial charge in [-0.2, -0.15) is 4.98 Å². The van der Waals surface area contributed by atoms with E-state index in [4.69, 9.17) is 4.74 Å².